The second-order valence-electron chi connectivity index (χ2n) is 3.90. The van der Waals surface area contributed by atoms with Gasteiger partial charge in [-0.15, -0.1) is 0 Å². The number of nitrogens with one attached hydrogen (secondary N) is 1. The van der Waals surface area contributed by atoms with E-state index in [1.54, 1.807) is 19.2 Å². The summed E-state index contributed by atoms with van der Waals surface area (Å²) in [7, 11) is 1.67. The molecule has 0 atom stereocenters. The summed E-state index contributed by atoms with van der Waals surface area (Å²) in [5.41, 5.74) is 2.23. The molecule has 1 heterocycles. The zero-order valence-corrected chi connectivity index (χ0v) is 10.2. The van der Waals surface area contributed by atoms with Crippen LogP contribution in [0.1, 0.15) is 11.1 Å². The van der Waals surface area contributed by atoms with Gasteiger partial charge in [-0.2, -0.15) is 4.39 Å². The van der Waals surface area contributed by atoms with Gasteiger partial charge < -0.3 is 10.1 Å². The summed E-state index contributed by atoms with van der Waals surface area (Å²) in [6, 6.07) is 12.7. The molecule has 0 radical (unpaired) electrons. The molecule has 0 aliphatic carbocycles. The quantitative estimate of drug-likeness (QED) is 0.823. The summed E-state index contributed by atoms with van der Waals surface area (Å²) >= 11 is 0. The van der Waals surface area contributed by atoms with E-state index in [0.29, 0.717) is 19.0 Å². The summed E-state index contributed by atoms with van der Waals surface area (Å²) < 4.78 is 18.1. The van der Waals surface area contributed by atoms with E-state index in [1.807, 2.05) is 24.3 Å². The summed E-state index contributed by atoms with van der Waals surface area (Å²) in [6.07, 6.45) is 0. The lowest BCUT2D eigenvalue weighted by Gasteiger charge is -2.10. The molecule has 1 aromatic heterocycles. The molecular formula is C14H15FN2O. The smallest absolute Gasteiger partial charge is 0.214 e. The van der Waals surface area contributed by atoms with E-state index in [4.69, 9.17) is 4.74 Å². The maximum Gasteiger partial charge on any atom is 0.214 e. The third-order valence-electron chi connectivity index (χ3n) is 2.59. The van der Waals surface area contributed by atoms with Crippen molar-refractivity contribution < 1.29 is 9.13 Å². The van der Waals surface area contributed by atoms with Gasteiger partial charge in [0.1, 0.15) is 5.82 Å². The number of rotatable bonds is 5. The first-order valence-corrected chi connectivity index (χ1v) is 5.72. The summed E-state index contributed by atoms with van der Waals surface area (Å²) in [4.78, 5) is 3.75. The average molecular weight is 246 g/mol. The number of anilines is 1. The number of ether oxygens (including phenoxy) is 1. The van der Waals surface area contributed by atoms with Crippen molar-refractivity contribution in [1.29, 1.82) is 0 Å². The number of hydrogen-bond acceptors (Lipinski definition) is 3. The largest absolute Gasteiger partial charge is 0.380 e. The Morgan fingerprint density at radius 2 is 1.89 bits per heavy atom. The highest BCUT2D eigenvalue weighted by Gasteiger charge is 2.02. The van der Waals surface area contributed by atoms with Crippen LogP contribution in [-0.2, 0) is 17.9 Å². The third-order valence-corrected chi connectivity index (χ3v) is 2.59. The molecule has 0 saturated carbocycles. The molecule has 2 rings (SSSR count). The summed E-state index contributed by atoms with van der Waals surface area (Å²) in [5.74, 6) is 0.0485. The highest BCUT2D eigenvalue weighted by atomic mass is 19.1. The van der Waals surface area contributed by atoms with Gasteiger partial charge in [0.05, 0.1) is 6.61 Å². The predicted molar refractivity (Wildman–Crippen MR) is 68.7 cm³/mol. The standard InChI is InChI=1S/C14H15FN2O/c1-18-10-12-6-3-2-5-11(12)9-16-14-8-4-7-13(15)17-14/h2-8H,9-10H2,1H3,(H,16,17). The summed E-state index contributed by atoms with van der Waals surface area (Å²) in [6.45, 7) is 1.16. The number of methoxy groups -OCH3 is 1. The Labute approximate surface area is 106 Å². The van der Waals surface area contributed by atoms with Crippen molar-refractivity contribution >= 4 is 5.82 Å². The SMILES string of the molecule is COCc1ccccc1CNc1cccc(F)n1. The number of pyridine rings is 1. The van der Waals surface area contributed by atoms with Crippen molar-refractivity contribution in [3.05, 3.63) is 59.5 Å². The molecule has 1 N–H and O–H groups in total. The van der Waals surface area contributed by atoms with Gasteiger partial charge in [-0.05, 0) is 23.3 Å². The molecule has 3 nitrogen and oxygen atoms in total. The molecule has 0 fully saturated rings. The minimum Gasteiger partial charge on any atom is -0.380 e. The molecule has 18 heavy (non-hydrogen) atoms. The normalized spacial score (nSPS) is 10.3. The molecule has 0 bridgehead atoms. The Morgan fingerprint density at radius 1 is 1.11 bits per heavy atom. The third kappa shape index (κ3) is 3.28. The van der Waals surface area contributed by atoms with E-state index in [0.717, 1.165) is 11.1 Å². The molecule has 0 unspecified atom stereocenters. The van der Waals surface area contributed by atoms with Gasteiger partial charge in [-0.1, -0.05) is 30.3 Å². The Morgan fingerprint density at radius 3 is 2.61 bits per heavy atom. The Hall–Kier alpha value is -1.94. The number of aromatic nitrogens is 1. The molecular weight excluding hydrogens is 231 g/mol. The average Bonchev–Trinajstić information content (AvgIpc) is 2.38. The molecule has 0 aliphatic heterocycles. The maximum absolute atomic E-state index is 12.9. The first-order chi connectivity index (χ1) is 8.79. The number of halogens is 1. The predicted octanol–water partition coefficient (Wildman–Crippen LogP) is 2.98. The van der Waals surface area contributed by atoms with Gasteiger partial charge in [0.15, 0.2) is 0 Å². The van der Waals surface area contributed by atoms with Gasteiger partial charge in [0, 0.05) is 13.7 Å². The van der Waals surface area contributed by atoms with Crippen LogP contribution in [-0.4, -0.2) is 12.1 Å². The Kier molecular flexibility index (Phi) is 4.25. The van der Waals surface area contributed by atoms with Crippen molar-refractivity contribution in [2.45, 2.75) is 13.2 Å². The van der Waals surface area contributed by atoms with E-state index < -0.39 is 5.95 Å². The fourth-order valence-corrected chi connectivity index (χ4v) is 1.72. The molecule has 0 spiro atoms. The second kappa shape index (κ2) is 6.12. The van der Waals surface area contributed by atoms with Crippen LogP contribution in [0.25, 0.3) is 0 Å². The minimum absolute atomic E-state index is 0.481. The Balaban J connectivity index is 2.06. The fraction of sp³-hybridized carbons (Fsp3) is 0.214. The minimum atomic E-state index is -0.481. The van der Waals surface area contributed by atoms with E-state index in [1.165, 1.54) is 6.07 Å². The second-order valence-corrected chi connectivity index (χ2v) is 3.90. The van der Waals surface area contributed by atoms with Crippen molar-refractivity contribution in [2.75, 3.05) is 12.4 Å². The van der Waals surface area contributed by atoms with Crippen molar-refractivity contribution in [2.24, 2.45) is 0 Å². The van der Waals surface area contributed by atoms with Crippen LogP contribution < -0.4 is 5.32 Å². The van der Waals surface area contributed by atoms with Crippen LogP contribution in [0, 0.1) is 5.95 Å². The zero-order valence-electron chi connectivity index (χ0n) is 10.2. The zero-order chi connectivity index (χ0) is 12.8. The molecule has 1 aromatic carbocycles. The highest BCUT2D eigenvalue weighted by Crippen LogP contribution is 2.12. The van der Waals surface area contributed by atoms with Gasteiger partial charge in [0.25, 0.3) is 0 Å². The van der Waals surface area contributed by atoms with E-state index in [-0.39, 0.29) is 0 Å². The van der Waals surface area contributed by atoms with Crippen molar-refractivity contribution in [3.63, 3.8) is 0 Å². The number of benzene rings is 1. The van der Waals surface area contributed by atoms with E-state index >= 15 is 0 Å². The van der Waals surface area contributed by atoms with Crippen LogP contribution in [0.15, 0.2) is 42.5 Å². The molecule has 4 heteroatoms. The monoisotopic (exact) mass is 246 g/mol. The fourth-order valence-electron chi connectivity index (χ4n) is 1.72. The lowest BCUT2D eigenvalue weighted by molar-refractivity contribution is 0.184. The van der Waals surface area contributed by atoms with Crippen LogP contribution in [0.5, 0.6) is 0 Å². The first kappa shape index (κ1) is 12.5. The Bertz CT molecular complexity index is 517. The lowest BCUT2D eigenvalue weighted by atomic mass is 10.1. The van der Waals surface area contributed by atoms with Crippen LogP contribution in [0.4, 0.5) is 10.2 Å². The van der Waals surface area contributed by atoms with E-state index in [9.17, 15) is 4.39 Å². The van der Waals surface area contributed by atoms with Crippen molar-refractivity contribution in [3.8, 4) is 0 Å². The number of hydrogen-bond donors (Lipinski definition) is 1. The topological polar surface area (TPSA) is 34.1 Å². The summed E-state index contributed by atoms with van der Waals surface area (Å²) in [5, 5.41) is 3.09. The van der Waals surface area contributed by atoms with Crippen LogP contribution >= 0.6 is 0 Å². The van der Waals surface area contributed by atoms with Gasteiger partial charge >= 0.3 is 0 Å². The molecule has 0 amide bonds. The molecule has 2 aromatic rings. The molecule has 0 saturated heterocycles. The van der Waals surface area contributed by atoms with Gasteiger partial charge in [-0.25, -0.2) is 4.98 Å². The van der Waals surface area contributed by atoms with Gasteiger partial charge in [0.2, 0.25) is 5.95 Å². The highest BCUT2D eigenvalue weighted by molar-refractivity contribution is 5.37. The van der Waals surface area contributed by atoms with Gasteiger partial charge in [-0.3, -0.25) is 0 Å². The van der Waals surface area contributed by atoms with E-state index in [2.05, 4.69) is 10.3 Å². The van der Waals surface area contributed by atoms with Crippen LogP contribution in [0.2, 0.25) is 0 Å². The van der Waals surface area contributed by atoms with Crippen molar-refractivity contribution in [1.82, 2.24) is 4.98 Å². The number of nitrogens with zero attached hydrogens (tertiary/aromatic N) is 1. The maximum atomic E-state index is 12.9. The molecule has 0 aliphatic rings. The lowest BCUT2D eigenvalue weighted by Crippen LogP contribution is -2.05. The van der Waals surface area contributed by atoms with Crippen LogP contribution in [0.3, 0.4) is 0 Å². The molecule has 94 valence electrons. The first-order valence-electron chi connectivity index (χ1n) is 5.72.